The van der Waals surface area contributed by atoms with Gasteiger partial charge in [-0.1, -0.05) is 24.3 Å². The fourth-order valence-electron chi connectivity index (χ4n) is 2.99. The average Bonchev–Trinajstić information content (AvgIpc) is 2.68. The first-order valence-corrected chi connectivity index (χ1v) is 8.81. The number of methoxy groups -OCH3 is 1. The number of hydrogen-bond acceptors (Lipinski definition) is 4. The van der Waals surface area contributed by atoms with E-state index in [0.717, 1.165) is 48.9 Å². The third-order valence-electron chi connectivity index (χ3n) is 4.53. The largest absolute Gasteiger partial charge is 0.497 e. The maximum Gasteiger partial charge on any atom is 0.248 e. The molecular formula is C21H25N3O2. The summed E-state index contributed by atoms with van der Waals surface area (Å²) in [6.07, 6.45) is 3.34. The van der Waals surface area contributed by atoms with Crippen LogP contribution in [-0.4, -0.2) is 51.1 Å². The molecule has 5 nitrogen and oxygen atoms in total. The first kappa shape index (κ1) is 18.0. The van der Waals surface area contributed by atoms with Crippen molar-refractivity contribution in [2.24, 2.45) is 0 Å². The molecule has 3 rings (SSSR count). The first-order valence-electron chi connectivity index (χ1n) is 8.81. The Morgan fingerprint density at radius 2 is 1.85 bits per heavy atom. The number of amides is 1. The van der Waals surface area contributed by atoms with E-state index in [1.807, 2.05) is 42.5 Å². The van der Waals surface area contributed by atoms with E-state index in [1.54, 1.807) is 19.3 Å². The minimum absolute atomic E-state index is 0.144. The highest BCUT2D eigenvalue weighted by Gasteiger charge is 2.17. The van der Waals surface area contributed by atoms with Gasteiger partial charge >= 0.3 is 0 Å². The highest BCUT2D eigenvalue weighted by molar-refractivity contribution is 6.03. The van der Waals surface area contributed by atoms with Crippen LogP contribution in [0.5, 0.6) is 5.75 Å². The number of carbonyl (C=O) groups is 1. The number of ether oxygens (including phenoxy) is 1. The van der Waals surface area contributed by atoms with Crippen molar-refractivity contribution in [3.05, 3.63) is 60.2 Å². The Labute approximate surface area is 154 Å². The van der Waals surface area contributed by atoms with Crippen molar-refractivity contribution < 1.29 is 9.53 Å². The van der Waals surface area contributed by atoms with Crippen LogP contribution in [0.15, 0.2) is 54.6 Å². The molecule has 1 aliphatic heterocycles. The van der Waals surface area contributed by atoms with Crippen LogP contribution in [0.25, 0.3) is 6.08 Å². The molecule has 0 radical (unpaired) electrons. The van der Waals surface area contributed by atoms with Gasteiger partial charge in [0.25, 0.3) is 0 Å². The van der Waals surface area contributed by atoms with Crippen LogP contribution >= 0.6 is 0 Å². The third kappa shape index (κ3) is 4.64. The van der Waals surface area contributed by atoms with Gasteiger partial charge in [-0.05, 0) is 43.0 Å². The van der Waals surface area contributed by atoms with E-state index in [2.05, 4.69) is 28.2 Å². The van der Waals surface area contributed by atoms with Crippen molar-refractivity contribution >= 4 is 23.4 Å². The summed E-state index contributed by atoms with van der Waals surface area (Å²) in [6, 6.07) is 15.6. The Balaban J connectivity index is 1.68. The quantitative estimate of drug-likeness (QED) is 0.841. The second-order valence-electron chi connectivity index (χ2n) is 6.41. The summed E-state index contributed by atoms with van der Waals surface area (Å²) < 4.78 is 5.20. The lowest BCUT2D eigenvalue weighted by Gasteiger charge is -2.35. The Hall–Kier alpha value is -2.79. The number of anilines is 2. The molecule has 1 saturated heterocycles. The van der Waals surface area contributed by atoms with Crippen LogP contribution in [0.2, 0.25) is 0 Å². The highest BCUT2D eigenvalue weighted by atomic mass is 16.5. The van der Waals surface area contributed by atoms with E-state index in [1.165, 1.54) is 0 Å². The molecule has 0 atom stereocenters. The zero-order chi connectivity index (χ0) is 18.4. The lowest BCUT2D eigenvalue weighted by molar-refractivity contribution is -0.111. The number of hydrogen-bond donors (Lipinski definition) is 1. The Morgan fingerprint density at radius 3 is 2.62 bits per heavy atom. The summed E-state index contributed by atoms with van der Waals surface area (Å²) in [4.78, 5) is 17.0. The Morgan fingerprint density at radius 1 is 1.08 bits per heavy atom. The zero-order valence-electron chi connectivity index (χ0n) is 15.3. The van der Waals surface area contributed by atoms with Gasteiger partial charge < -0.3 is 19.9 Å². The van der Waals surface area contributed by atoms with E-state index in [-0.39, 0.29) is 5.91 Å². The molecule has 0 unspecified atom stereocenters. The predicted molar refractivity (Wildman–Crippen MR) is 107 cm³/mol. The minimum Gasteiger partial charge on any atom is -0.497 e. The molecule has 26 heavy (non-hydrogen) atoms. The number of nitrogens with one attached hydrogen (secondary N) is 1. The topological polar surface area (TPSA) is 44.8 Å². The highest BCUT2D eigenvalue weighted by Crippen LogP contribution is 2.26. The van der Waals surface area contributed by atoms with Crippen LogP contribution in [0.1, 0.15) is 5.56 Å². The lowest BCUT2D eigenvalue weighted by atomic mass is 10.2. The van der Waals surface area contributed by atoms with Crippen molar-refractivity contribution in [1.82, 2.24) is 4.90 Å². The Kier molecular flexibility index (Phi) is 5.92. The van der Waals surface area contributed by atoms with Crippen LogP contribution in [-0.2, 0) is 4.79 Å². The number of para-hydroxylation sites is 2. The van der Waals surface area contributed by atoms with Crippen molar-refractivity contribution in [3.63, 3.8) is 0 Å². The van der Waals surface area contributed by atoms with Crippen molar-refractivity contribution in [2.75, 3.05) is 50.6 Å². The molecule has 0 spiro atoms. The lowest BCUT2D eigenvalue weighted by Crippen LogP contribution is -2.44. The molecule has 1 aliphatic rings. The SMILES string of the molecule is COc1cccc(/C=C/C(=O)Nc2ccccc2N2CCN(C)CC2)c1. The number of benzene rings is 2. The molecule has 0 aliphatic carbocycles. The molecule has 1 N–H and O–H groups in total. The summed E-state index contributed by atoms with van der Waals surface area (Å²) in [5.74, 6) is 0.627. The predicted octanol–water partition coefficient (Wildman–Crippen LogP) is 3.10. The number of rotatable bonds is 5. The van der Waals surface area contributed by atoms with Gasteiger partial charge in [0.2, 0.25) is 5.91 Å². The van der Waals surface area contributed by atoms with Gasteiger partial charge in [0.15, 0.2) is 0 Å². The molecule has 0 bridgehead atoms. The van der Waals surface area contributed by atoms with E-state index in [4.69, 9.17) is 4.74 Å². The van der Waals surface area contributed by atoms with Gasteiger partial charge in [-0.15, -0.1) is 0 Å². The minimum atomic E-state index is -0.144. The van der Waals surface area contributed by atoms with E-state index < -0.39 is 0 Å². The zero-order valence-corrected chi connectivity index (χ0v) is 15.3. The van der Waals surface area contributed by atoms with Gasteiger partial charge in [-0.25, -0.2) is 0 Å². The maximum absolute atomic E-state index is 12.4. The molecule has 0 aromatic heterocycles. The fourth-order valence-corrected chi connectivity index (χ4v) is 2.99. The molecule has 0 saturated carbocycles. The van der Waals surface area contributed by atoms with Crippen LogP contribution < -0.4 is 15.0 Å². The van der Waals surface area contributed by atoms with Gasteiger partial charge in [0, 0.05) is 32.3 Å². The molecule has 1 amide bonds. The van der Waals surface area contributed by atoms with Gasteiger partial charge in [0.1, 0.15) is 5.75 Å². The number of likely N-dealkylation sites (N-methyl/N-ethyl adjacent to an activating group) is 1. The normalized spacial score (nSPS) is 15.2. The number of piperazine rings is 1. The van der Waals surface area contributed by atoms with Crippen LogP contribution in [0, 0.1) is 0 Å². The molecule has 1 fully saturated rings. The summed E-state index contributed by atoms with van der Waals surface area (Å²) >= 11 is 0. The molecule has 2 aromatic carbocycles. The Bertz CT molecular complexity index is 780. The van der Waals surface area contributed by atoms with Crippen LogP contribution in [0.4, 0.5) is 11.4 Å². The summed E-state index contributed by atoms with van der Waals surface area (Å²) in [6.45, 7) is 3.97. The third-order valence-corrected chi connectivity index (χ3v) is 4.53. The van der Waals surface area contributed by atoms with Crippen molar-refractivity contribution in [1.29, 1.82) is 0 Å². The van der Waals surface area contributed by atoms with Gasteiger partial charge in [0.05, 0.1) is 18.5 Å². The number of nitrogens with zero attached hydrogens (tertiary/aromatic N) is 2. The molecule has 1 heterocycles. The van der Waals surface area contributed by atoms with E-state index in [0.29, 0.717) is 0 Å². The summed E-state index contributed by atoms with van der Waals surface area (Å²) in [5, 5.41) is 3.01. The first-order chi connectivity index (χ1) is 12.7. The number of carbonyl (C=O) groups excluding carboxylic acids is 1. The molecular weight excluding hydrogens is 326 g/mol. The second kappa shape index (κ2) is 8.54. The summed E-state index contributed by atoms with van der Waals surface area (Å²) in [7, 11) is 3.76. The molecule has 2 aromatic rings. The van der Waals surface area contributed by atoms with E-state index >= 15 is 0 Å². The molecule has 136 valence electrons. The second-order valence-corrected chi connectivity index (χ2v) is 6.41. The summed E-state index contributed by atoms with van der Waals surface area (Å²) in [5.41, 5.74) is 2.84. The fraction of sp³-hybridized carbons (Fsp3) is 0.286. The maximum atomic E-state index is 12.4. The standard InChI is InChI=1S/C21H25N3O2/c1-23-12-14-24(15-13-23)20-9-4-3-8-19(20)22-21(25)11-10-17-6-5-7-18(16-17)26-2/h3-11,16H,12-15H2,1-2H3,(H,22,25)/b11-10+. The van der Waals surface area contributed by atoms with E-state index in [9.17, 15) is 4.79 Å². The van der Waals surface area contributed by atoms with Crippen LogP contribution in [0.3, 0.4) is 0 Å². The monoisotopic (exact) mass is 351 g/mol. The van der Waals surface area contributed by atoms with Crippen molar-refractivity contribution in [3.8, 4) is 5.75 Å². The van der Waals surface area contributed by atoms with Gasteiger partial charge in [-0.3, -0.25) is 4.79 Å². The molecule has 5 heteroatoms. The smallest absolute Gasteiger partial charge is 0.248 e. The average molecular weight is 351 g/mol. The van der Waals surface area contributed by atoms with Crippen molar-refractivity contribution in [2.45, 2.75) is 0 Å². The van der Waals surface area contributed by atoms with Gasteiger partial charge in [-0.2, -0.15) is 0 Å².